The fourth-order valence-corrected chi connectivity index (χ4v) is 3.76. The Morgan fingerprint density at radius 2 is 2.04 bits per heavy atom. The highest BCUT2D eigenvalue weighted by Crippen LogP contribution is 2.43. The second kappa shape index (κ2) is 6.28. The molecule has 2 aliphatic carbocycles. The molecule has 1 fully saturated rings. The Kier molecular flexibility index (Phi) is 4.00. The fraction of sp³-hybridized carbons (Fsp3) is 0.474. The Bertz CT molecular complexity index is 689. The van der Waals surface area contributed by atoms with Gasteiger partial charge in [0.25, 0.3) is 0 Å². The lowest BCUT2D eigenvalue weighted by atomic mass is 9.95. The molecule has 0 aliphatic heterocycles. The van der Waals surface area contributed by atoms with Crippen LogP contribution in [0.3, 0.4) is 0 Å². The molecule has 0 spiro atoms. The van der Waals surface area contributed by atoms with Crippen LogP contribution in [0.4, 0.5) is 0 Å². The van der Waals surface area contributed by atoms with Crippen molar-refractivity contribution in [2.24, 2.45) is 17.8 Å². The molecule has 4 heteroatoms. The standard InChI is InChI=1S/C19H23N3O/c1-14-2-4-15(5-3-14)10-22-11-19(20-21-22)13-23-12-18-9-16-6-7-17(18)8-16/h2-7,11,16-18H,8-10,12-13H2,1H3/t16-,17+,18?/m1/s1. The maximum atomic E-state index is 5.89. The summed E-state index contributed by atoms with van der Waals surface area (Å²) in [6.45, 7) is 4.26. The molecule has 2 aliphatic rings. The molecule has 120 valence electrons. The summed E-state index contributed by atoms with van der Waals surface area (Å²) in [4.78, 5) is 0. The van der Waals surface area contributed by atoms with E-state index in [4.69, 9.17) is 4.74 Å². The van der Waals surface area contributed by atoms with Crippen molar-refractivity contribution >= 4 is 0 Å². The number of aryl methyl sites for hydroxylation is 1. The third-order valence-corrected chi connectivity index (χ3v) is 5.05. The van der Waals surface area contributed by atoms with Gasteiger partial charge in [-0.3, -0.25) is 0 Å². The first kappa shape index (κ1) is 14.6. The molecule has 1 aromatic carbocycles. The molecule has 0 amide bonds. The average Bonchev–Trinajstić information content (AvgIpc) is 3.27. The summed E-state index contributed by atoms with van der Waals surface area (Å²) < 4.78 is 7.76. The summed E-state index contributed by atoms with van der Waals surface area (Å²) in [6.07, 6.45) is 9.36. The van der Waals surface area contributed by atoms with Gasteiger partial charge in [-0.05, 0) is 43.1 Å². The number of hydrogen-bond acceptors (Lipinski definition) is 3. The van der Waals surface area contributed by atoms with Gasteiger partial charge in [0.15, 0.2) is 0 Å². The van der Waals surface area contributed by atoms with Crippen molar-refractivity contribution in [2.75, 3.05) is 6.61 Å². The zero-order valence-corrected chi connectivity index (χ0v) is 13.6. The third kappa shape index (κ3) is 3.37. The van der Waals surface area contributed by atoms with Crippen LogP contribution in [0.2, 0.25) is 0 Å². The van der Waals surface area contributed by atoms with Crippen LogP contribution in [-0.2, 0) is 17.9 Å². The van der Waals surface area contributed by atoms with Crippen LogP contribution in [-0.4, -0.2) is 21.6 Å². The minimum absolute atomic E-state index is 0.561. The predicted octanol–water partition coefficient (Wildman–Crippen LogP) is 3.36. The molecule has 0 saturated heterocycles. The molecule has 0 N–H and O–H groups in total. The highest BCUT2D eigenvalue weighted by molar-refractivity contribution is 5.21. The average molecular weight is 309 g/mol. The van der Waals surface area contributed by atoms with Gasteiger partial charge in [-0.2, -0.15) is 0 Å². The lowest BCUT2D eigenvalue weighted by Gasteiger charge is -2.17. The number of fused-ring (bicyclic) bond motifs is 2. The smallest absolute Gasteiger partial charge is 0.108 e. The third-order valence-electron chi connectivity index (χ3n) is 5.05. The van der Waals surface area contributed by atoms with Gasteiger partial charge in [0.2, 0.25) is 0 Å². The van der Waals surface area contributed by atoms with Crippen molar-refractivity contribution in [1.29, 1.82) is 0 Å². The normalized spacial score (nSPS) is 25.3. The Morgan fingerprint density at radius 3 is 2.78 bits per heavy atom. The predicted molar refractivity (Wildman–Crippen MR) is 88.8 cm³/mol. The monoisotopic (exact) mass is 309 g/mol. The molecule has 1 unspecified atom stereocenters. The quantitative estimate of drug-likeness (QED) is 0.768. The van der Waals surface area contributed by atoms with Crippen LogP contribution in [0, 0.1) is 24.7 Å². The minimum atomic E-state index is 0.561. The van der Waals surface area contributed by atoms with Gasteiger partial charge in [0.1, 0.15) is 5.69 Å². The van der Waals surface area contributed by atoms with Gasteiger partial charge in [-0.15, -0.1) is 5.10 Å². The van der Waals surface area contributed by atoms with Crippen molar-refractivity contribution in [3.05, 3.63) is 59.4 Å². The van der Waals surface area contributed by atoms with E-state index in [1.807, 2.05) is 10.9 Å². The summed E-state index contributed by atoms with van der Waals surface area (Å²) in [5.74, 6) is 2.26. The second-order valence-corrected chi connectivity index (χ2v) is 6.95. The molecule has 2 aromatic rings. The number of rotatable bonds is 6. The van der Waals surface area contributed by atoms with Crippen LogP contribution in [0.15, 0.2) is 42.6 Å². The Morgan fingerprint density at radius 1 is 1.17 bits per heavy atom. The molecule has 1 aromatic heterocycles. The van der Waals surface area contributed by atoms with Gasteiger partial charge in [-0.25, -0.2) is 4.68 Å². The molecule has 23 heavy (non-hydrogen) atoms. The lowest BCUT2D eigenvalue weighted by molar-refractivity contribution is 0.0768. The van der Waals surface area contributed by atoms with E-state index in [1.54, 1.807) is 0 Å². The van der Waals surface area contributed by atoms with Crippen molar-refractivity contribution in [3.8, 4) is 0 Å². The maximum absolute atomic E-state index is 5.89. The second-order valence-electron chi connectivity index (χ2n) is 6.95. The Hall–Kier alpha value is -1.94. The van der Waals surface area contributed by atoms with Crippen LogP contribution in [0.1, 0.15) is 29.7 Å². The van der Waals surface area contributed by atoms with Crippen LogP contribution in [0.25, 0.3) is 0 Å². The SMILES string of the molecule is Cc1ccc(Cn2cc(COCC3C[C@@H]4C=C[C@H]3C4)nn2)cc1. The molecule has 4 nitrogen and oxygen atoms in total. The van der Waals surface area contributed by atoms with Crippen molar-refractivity contribution in [3.63, 3.8) is 0 Å². The van der Waals surface area contributed by atoms with Crippen molar-refractivity contribution in [2.45, 2.75) is 32.9 Å². The number of benzene rings is 1. The number of aromatic nitrogens is 3. The zero-order chi connectivity index (χ0) is 15.6. The Labute approximate surface area is 137 Å². The van der Waals surface area contributed by atoms with E-state index in [9.17, 15) is 0 Å². The highest BCUT2D eigenvalue weighted by Gasteiger charge is 2.35. The van der Waals surface area contributed by atoms with Crippen molar-refractivity contribution < 1.29 is 4.74 Å². The summed E-state index contributed by atoms with van der Waals surface area (Å²) in [5, 5.41) is 8.41. The summed E-state index contributed by atoms with van der Waals surface area (Å²) in [6, 6.07) is 8.52. The van der Waals surface area contributed by atoms with Gasteiger partial charge < -0.3 is 4.74 Å². The first-order valence-corrected chi connectivity index (χ1v) is 8.47. The van der Waals surface area contributed by atoms with Gasteiger partial charge >= 0.3 is 0 Å². The number of allylic oxidation sites excluding steroid dienone is 2. The van der Waals surface area contributed by atoms with E-state index < -0.39 is 0 Å². The molecule has 0 radical (unpaired) electrons. The first-order chi connectivity index (χ1) is 11.3. The lowest BCUT2D eigenvalue weighted by Crippen LogP contribution is -2.14. The minimum Gasteiger partial charge on any atom is -0.375 e. The maximum Gasteiger partial charge on any atom is 0.108 e. The first-order valence-electron chi connectivity index (χ1n) is 8.47. The van der Waals surface area contributed by atoms with E-state index in [0.29, 0.717) is 12.5 Å². The van der Waals surface area contributed by atoms with Gasteiger partial charge in [-0.1, -0.05) is 47.2 Å². The number of nitrogens with zero attached hydrogens (tertiary/aromatic N) is 3. The summed E-state index contributed by atoms with van der Waals surface area (Å²) in [7, 11) is 0. The number of ether oxygens (including phenoxy) is 1. The number of hydrogen-bond donors (Lipinski definition) is 0. The van der Waals surface area contributed by atoms with Crippen molar-refractivity contribution in [1.82, 2.24) is 15.0 Å². The zero-order valence-electron chi connectivity index (χ0n) is 13.6. The highest BCUT2D eigenvalue weighted by atomic mass is 16.5. The molecule has 1 saturated carbocycles. The summed E-state index contributed by atoms with van der Waals surface area (Å²) in [5.41, 5.74) is 3.43. The van der Waals surface area contributed by atoms with E-state index in [-0.39, 0.29) is 0 Å². The molecule has 4 rings (SSSR count). The molecule has 1 heterocycles. The van der Waals surface area contributed by atoms with Crippen LogP contribution in [0.5, 0.6) is 0 Å². The van der Waals surface area contributed by atoms with E-state index in [2.05, 4.69) is 53.7 Å². The largest absolute Gasteiger partial charge is 0.375 e. The van der Waals surface area contributed by atoms with Gasteiger partial charge in [0.05, 0.1) is 26.0 Å². The fourth-order valence-electron chi connectivity index (χ4n) is 3.76. The van der Waals surface area contributed by atoms with Crippen LogP contribution >= 0.6 is 0 Å². The molecule has 3 atom stereocenters. The summed E-state index contributed by atoms with van der Waals surface area (Å²) >= 11 is 0. The van der Waals surface area contributed by atoms with Crippen LogP contribution < -0.4 is 0 Å². The van der Waals surface area contributed by atoms with Gasteiger partial charge in [0, 0.05) is 0 Å². The van der Waals surface area contributed by atoms with E-state index in [0.717, 1.165) is 30.7 Å². The molecule has 2 bridgehead atoms. The molecular formula is C19H23N3O. The van der Waals surface area contributed by atoms with E-state index >= 15 is 0 Å². The topological polar surface area (TPSA) is 39.9 Å². The molecular weight excluding hydrogens is 286 g/mol. The Balaban J connectivity index is 1.26. The van der Waals surface area contributed by atoms with E-state index in [1.165, 1.54) is 24.0 Å².